The van der Waals surface area contributed by atoms with Gasteiger partial charge in [0.05, 0.1) is 16.6 Å². The van der Waals surface area contributed by atoms with Crippen LogP contribution in [0.1, 0.15) is 78.6 Å². The van der Waals surface area contributed by atoms with Crippen molar-refractivity contribution in [3.05, 3.63) is 0 Å². The third kappa shape index (κ3) is 3.10. The molecule has 1 spiro atoms. The first kappa shape index (κ1) is 24.2. The van der Waals surface area contributed by atoms with Crippen molar-refractivity contribution in [3.63, 3.8) is 0 Å². The molecule has 4 aliphatic carbocycles. The maximum atomic E-state index is 13.1. The molecule has 8 heteroatoms. The van der Waals surface area contributed by atoms with Crippen LogP contribution in [0.4, 0.5) is 0 Å². The van der Waals surface area contributed by atoms with Crippen LogP contribution in [0.25, 0.3) is 0 Å². The van der Waals surface area contributed by atoms with Crippen LogP contribution >= 0.6 is 0 Å². The molecule has 190 valence electrons. The molecule has 9 atom stereocenters. The van der Waals surface area contributed by atoms with Gasteiger partial charge in [-0.25, -0.2) is 0 Å². The molecule has 5 rings (SSSR count). The molecule has 4 saturated carbocycles. The summed E-state index contributed by atoms with van der Waals surface area (Å²) in [4.78, 5) is 35.9. The van der Waals surface area contributed by atoms with Gasteiger partial charge in [0.15, 0.2) is 12.1 Å². The molecule has 0 aromatic heterocycles. The summed E-state index contributed by atoms with van der Waals surface area (Å²) in [6, 6.07) is 0. The molecule has 8 nitrogen and oxygen atoms in total. The standard InChI is InChI=1S/C26H38O8/c1-15(27)32-14-19(29)18-5-6-20-23(18,3)9-8-21-25-10-7-17(33-16(2)28)13-24(25,30)11-12-26(20,21)34-22(25)31-4/h17-18,20-22,30H,5-14H2,1-4H3/t17-,18+,20+,21+,22+,23+,24+,25+,26+/m0/s1. The summed E-state index contributed by atoms with van der Waals surface area (Å²) in [5, 5.41) is 12.1. The second kappa shape index (κ2) is 8.00. The van der Waals surface area contributed by atoms with E-state index in [1.54, 1.807) is 7.11 Å². The number of aliphatic hydroxyl groups is 1. The number of carbonyl (C=O) groups is 3. The molecule has 0 aromatic rings. The molecule has 5 aliphatic rings. The minimum atomic E-state index is -1.02. The monoisotopic (exact) mass is 478 g/mol. The second-order valence-electron chi connectivity index (χ2n) is 11.7. The van der Waals surface area contributed by atoms with E-state index in [9.17, 15) is 19.5 Å². The first-order valence-electron chi connectivity index (χ1n) is 12.8. The predicted molar refractivity (Wildman–Crippen MR) is 119 cm³/mol. The summed E-state index contributed by atoms with van der Waals surface area (Å²) < 4.78 is 23.4. The van der Waals surface area contributed by atoms with Crippen molar-refractivity contribution in [1.82, 2.24) is 0 Å². The van der Waals surface area contributed by atoms with Gasteiger partial charge >= 0.3 is 11.9 Å². The zero-order valence-corrected chi connectivity index (χ0v) is 20.8. The fourth-order valence-corrected chi connectivity index (χ4v) is 9.33. The Bertz CT molecular complexity index is 888. The number of ketones is 1. The second-order valence-corrected chi connectivity index (χ2v) is 11.7. The van der Waals surface area contributed by atoms with Crippen LogP contribution in [0, 0.1) is 28.6 Å². The molecule has 0 aromatic carbocycles. The van der Waals surface area contributed by atoms with E-state index in [0.717, 1.165) is 25.7 Å². The Morgan fingerprint density at radius 2 is 1.74 bits per heavy atom. The smallest absolute Gasteiger partial charge is 0.303 e. The fraction of sp³-hybridized carbons (Fsp3) is 0.885. The summed E-state index contributed by atoms with van der Waals surface area (Å²) >= 11 is 0. The van der Waals surface area contributed by atoms with Crippen LogP contribution in [0.5, 0.6) is 0 Å². The Kier molecular flexibility index (Phi) is 5.69. The lowest BCUT2D eigenvalue weighted by Gasteiger charge is -2.63. The molecule has 0 radical (unpaired) electrons. The first-order valence-corrected chi connectivity index (χ1v) is 12.8. The third-order valence-electron chi connectivity index (χ3n) is 10.5. The van der Waals surface area contributed by atoms with E-state index in [1.165, 1.54) is 13.8 Å². The van der Waals surface area contributed by atoms with Gasteiger partial charge in [-0.15, -0.1) is 0 Å². The van der Waals surface area contributed by atoms with Gasteiger partial charge < -0.3 is 24.1 Å². The summed E-state index contributed by atoms with van der Waals surface area (Å²) in [7, 11) is 1.65. The highest BCUT2D eigenvalue weighted by atomic mass is 16.7. The average molecular weight is 479 g/mol. The van der Waals surface area contributed by atoms with Crippen molar-refractivity contribution < 1.29 is 38.4 Å². The third-order valence-corrected chi connectivity index (χ3v) is 10.5. The largest absolute Gasteiger partial charge is 0.462 e. The van der Waals surface area contributed by atoms with E-state index in [2.05, 4.69) is 6.92 Å². The van der Waals surface area contributed by atoms with Crippen LogP contribution in [0.15, 0.2) is 0 Å². The molecule has 0 amide bonds. The Morgan fingerprint density at radius 3 is 2.41 bits per heavy atom. The summed E-state index contributed by atoms with van der Waals surface area (Å²) in [6.07, 6.45) is 5.60. The number of fused-ring (bicyclic) bond motifs is 1. The summed E-state index contributed by atoms with van der Waals surface area (Å²) in [5.74, 6) is -0.603. The van der Waals surface area contributed by atoms with Crippen molar-refractivity contribution in [2.75, 3.05) is 13.7 Å². The molecule has 2 bridgehead atoms. The van der Waals surface area contributed by atoms with Gasteiger partial charge in [0.1, 0.15) is 12.7 Å². The maximum absolute atomic E-state index is 13.1. The minimum absolute atomic E-state index is 0.000237. The zero-order valence-electron chi connectivity index (χ0n) is 20.8. The Balaban J connectivity index is 1.46. The van der Waals surface area contributed by atoms with Crippen LogP contribution < -0.4 is 0 Å². The van der Waals surface area contributed by atoms with Crippen LogP contribution in [0.2, 0.25) is 0 Å². The highest BCUT2D eigenvalue weighted by molar-refractivity contribution is 5.85. The molecular weight excluding hydrogens is 440 g/mol. The number of rotatable bonds is 5. The van der Waals surface area contributed by atoms with Crippen molar-refractivity contribution in [2.24, 2.45) is 28.6 Å². The molecule has 1 aliphatic heterocycles. The normalized spacial score (nSPS) is 48.9. The van der Waals surface area contributed by atoms with E-state index in [1.807, 2.05) is 0 Å². The van der Waals surface area contributed by atoms with E-state index in [0.29, 0.717) is 32.1 Å². The zero-order chi connectivity index (χ0) is 24.5. The van der Waals surface area contributed by atoms with E-state index in [4.69, 9.17) is 18.9 Å². The average Bonchev–Trinajstić information content (AvgIpc) is 3.23. The molecular formula is C26H38O8. The number of hydrogen-bond acceptors (Lipinski definition) is 8. The van der Waals surface area contributed by atoms with Crippen molar-refractivity contribution in [2.45, 2.75) is 102 Å². The lowest BCUT2D eigenvalue weighted by Crippen LogP contribution is -2.67. The maximum Gasteiger partial charge on any atom is 0.303 e. The number of methoxy groups -OCH3 is 1. The SMILES string of the molecule is CO[C@@H]1O[C@@]23CC[C@@]4(O)C[C@@H](OC(C)=O)CC[C@@]14[C@H]2CC[C@]1(C)[C@@H](C(=O)COC(C)=O)CC[C@H]13. The molecule has 1 N–H and O–H groups in total. The molecule has 0 unspecified atom stereocenters. The number of ether oxygens (including phenoxy) is 4. The van der Waals surface area contributed by atoms with Crippen molar-refractivity contribution in [3.8, 4) is 0 Å². The molecule has 1 heterocycles. The Hall–Kier alpha value is -1.51. The van der Waals surface area contributed by atoms with Crippen LogP contribution in [0.3, 0.4) is 0 Å². The molecule has 1 saturated heterocycles. The Morgan fingerprint density at radius 1 is 0.971 bits per heavy atom. The fourth-order valence-electron chi connectivity index (χ4n) is 9.33. The molecule has 5 fully saturated rings. The highest BCUT2D eigenvalue weighted by Gasteiger charge is 2.79. The highest BCUT2D eigenvalue weighted by Crippen LogP contribution is 2.75. The van der Waals surface area contributed by atoms with Crippen molar-refractivity contribution in [1.29, 1.82) is 0 Å². The molecule has 34 heavy (non-hydrogen) atoms. The van der Waals surface area contributed by atoms with Crippen LogP contribution in [-0.4, -0.2) is 60.1 Å². The first-order chi connectivity index (χ1) is 16.0. The lowest BCUT2D eigenvalue weighted by atomic mass is 9.42. The Labute approximate surface area is 201 Å². The van der Waals surface area contributed by atoms with E-state index in [-0.39, 0.29) is 47.6 Å². The summed E-state index contributed by atoms with van der Waals surface area (Å²) in [6.45, 7) is 4.78. The van der Waals surface area contributed by atoms with Gasteiger partial charge in [-0.1, -0.05) is 6.92 Å². The summed E-state index contributed by atoms with van der Waals surface area (Å²) in [5.41, 5.74) is -2.24. The van der Waals surface area contributed by atoms with E-state index < -0.39 is 28.9 Å². The topological polar surface area (TPSA) is 108 Å². The van der Waals surface area contributed by atoms with Gasteiger partial charge in [0.2, 0.25) is 0 Å². The van der Waals surface area contributed by atoms with Crippen LogP contribution in [-0.2, 0) is 33.3 Å². The predicted octanol–water partition coefficient (Wildman–Crippen LogP) is 2.93. The number of carbonyl (C=O) groups excluding carboxylic acids is 3. The number of Topliss-reactive ketones (excluding diaryl/α,β-unsaturated/α-hetero) is 1. The van der Waals surface area contributed by atoms with Gasteiger partial charge in [0.25, 0.3) is 0 Å². The van der Waals surface area contributed by atoms with Crippen molar-refractivity contribution >= 4 is 17.7 Å². The number of hydrogen-bond donors (Lipinski definition) is 1. The van der Waals surface area contributed by atoms with Gasteiger partial charge in [0, 0.05) is 39.2 Å². The minimum Gasteiger partial charge on any atom is -0.462 e. The van der Waals surface area contributed by atoms with E-state index >= 15 is 0 Å². The lowest BCUT2D eigenvalue weighted by molar-refractivity contribution is -0.241. The number of esters is 2. The van der Waals surface area contributed by atoms with Gasteiger partial charge in [-0.3, -0.25) is 14.4 Å². The van der Waals surface area contributed by atoms with Gasteiger partial charge in [-0.05, 0) is 62.7 Å². The van der Waals surface area contributed by atoms with Gasteiger partial charge in [-0.2, -0.15) is 0 Å². The quantitative estimate of drug-likeness (QED) is 0.601.